The van der Waals surface area contributed by atoms with Gasteiger partial charge in [0.25, 0.3) is 0 Å². The van der Waals surface area contributed by atoms with Crippen LogP contribution in [0.1, 0.15) is 38.8 Å². The highest BCUT2D eigenvalue weighted by atomic mass is 32.1. The van der Waals surface area contributed by atoms with Gasteiger partial charge in [-0.25, -0.2) is 9.97 Å². The highest BCUT2D eigenvalue weighted by Gasteiger charge is 2.47. The molecular weight excluding hydrogens is 440 g/mol. The number of pyridine rings is 1. The molecule has 2 aliphatic rings. The highest BCUT2D eigenvalue weighted by Crippen LogP contribution is 2.39. The number of aryl methyl sites for hydroxylation is 1. The molecule has 0 amide bonds. The minimum Gasteiger partial charge on any atom is -0.390 e. The van der Waals surface area contributed by atoms with E-state index in [4.69, 9.17) is 9.97 Å². The van der Waals surface area contributed by atoms with Gasteiger partial charge in [-0.1, -0.05) is 0 Å². The van der Waals surface area contributed by atoms with Crippen LogP contribution in [-0.2, 0) is 0 Å². The van der Waals surface area contributed by atoms with Gasteiger partial charge in [-0.15, -0.1) is 11.3 Å². The molecule has 2 fully saturated rings. The summed E-state index contributed by atoms with van der Waals surface area (Å²) in [6, 6.07) is 1.47. The van der Waals surface area contributed by atoms with Crippen molar-refractivity contribution in [2.45, 2.75) is 63.9 Å². The van der Waals surface area contributed by atoms with E-state index in [1.54, 1.807) is 26.2 Å². The van der Waals surface area contributed by atoms with Crippen LogP contribution in [0.3, 0.4) is 0 Å². The van der Waals surface area contributed by atoms with Crippen LogP contribution in [0.5, 0.6) is 0 Å². The Kier molecular flexibility index (Phi) is 5.72. The number of rotatable bonds is 7. The van der Waals surface area contributed by atoms with Gasteiger partial charge in [0.15, 0.2) is 0 Å². The number of aliphatic hydroxyl groups excluding tert-OH is 2. The molecule has 9 nitrogen and oxygen atoms in total. The maximum absolute atomic E-state index is 10.7. The van der Waals surface area contributed by atoms with Gasteiger partial charge >= 0.3 is 0 Å². The van der Waals surface area contributed by atoms with Crippen LogP contribution in [0, 0.1) is 18.8 Å². The smallest absolute Gasteiger partial charge is 0.224 e. The van der Waals surface area contributed by atoms with E-state index in [9.17, 15) is 15.3 Å². The van der Waals surface area contributed by atoms with E-state index < -0.39 is 29.8 Å². The van der Waals surface area contributed by atoms with E-state index in [0.717, 1.165) is 33.0 Å². The Labute approximate surface area is 196 Å². The summed E-state index contributed by atoms with van der Waals surface area (Å²) < 4.78 is 1.03. The van der Waals surface area contributed by atoms with E-state index in [-0.39, 0.29) is 0 Å². The molecule has 5 rings (SSSR count). The lowest BCUT2D eigenvalue weighted by Gasteiger charge is -2.28. The Bertz CT molecular complexity index is 1160. The van der Waals surface area contributed by atoms with E-state index >= 15 is 0 Å². The summed E-state index contributed by atoms with van der Waals surface area (Å²) in [5, 5.41) is 39.1. The lowest BCUT2D eigenvalue weighted by atomic mass is 9.88. The summed E-state index contributed by atoms with van der Waals surface area (Å²) >= 11 is 1.53. The van der Waals surface area contributed by atoms with Crippen molar-refractivity contribution >= 4 is 33.3 Å². The Balaban J connectivity index is 1.49. The first kappa shape index (κ1) is 22.4. The zero-order valence-electron chi connectivity index (χ0n) is 19.0. The van der Waals surface area contributed by atoms with Crippen LogP contribution in [0.25, 0.3) is 20.8 Å². The summed E-state index contributed by atoms with van der Waals surface area (Å²) in [6.45, 7) is 6.07. The first-order valence-corrected chi connectivity index (χ1v) is 12.2. The molecule has 3 aromatic rings. The summed E-state index contributed by atoms with van der Waals surface area (Å²) in [6.07, 6.45) is 4.30. The van der Waals surface area contributed by atoms with Gasteiger partial charge in [-0.05, 0) is 52.0 Å². The van der Waals surface area contributed by atoms with E-state index in [1.165, 1.54) is 24.2 Å². The van der Waals surface area contributed by atoms with Crippen molar-refractivity contribution in [1.29, 1.82) is 0 Å². The van der Waals surface area contributed by atoms with Crippen LogP contribution >= 0.6 is 11.3 Å². The molecule has 0 radical (unpaired) electrons. The topological polar surface area (TPSA) is 136 Å². The molecule has 33 heavy (non-hydrogen) atoms. The van der Waals surface area contributed by atoms with Gasteiger partial charge < -0.3 is 26.0 Å². The predicted octanol–water partition coefficient (Wildman–Crippen LogP) is 2.57. The summed E-state index contributed by atoms with van der Waals surface area (Å²) in [5.74, 6) is 1.27. The van der Waals surface area contributed by atoms with Gasteiger partial charge in [0.1, 0.15) is 22.4 Å². The molecule has 4 atom stereocenters. The minimum absolute atomic E-state index is 0.406. The molecule has 10 heteroatoms. The average Bonchev–Trinajstić information content (AvgIpc) is 3.42. The number of anilines is 2. The number of aromatic nitrogens is 4. The SMILES string of the molecule is Cc1nccc2sc(-c3cnc(NCC4CC4)nc3N[C@@H]3C[C@H](C(C)(C)O)[C@@H](O)[C@H]3O)nc12. The maximum atomic E-state index is 10.7. The molecule has 3 heterocycles. The van der Waals surface area contributed by atoms with Crippen LogP contribution < -0.4 is 10.6 Å². The molecular formula is C23H30N6O3S. The number of nitrogens with one attached hydrogen (secondary N) is 2. The van der Waals surface area contributed by atoms with Crippen molar-refractivity contribution in [3.8, 4) is 10.6 Å². The molecule has 0 aliphatic heterocycles. The molecule has 3 aromatic heterocycles. The van der Waals surface area contributed by atoms with E-state index in [0.29, 0.717) is 24.1 Å². The van der Waals surface area contributed by atoms with Gasteiger partial charge in [-0.3, -0.25) is 4.98 Å². The summed E-state index contributed by atoms with van der Waals surface area (Å²) in [7, 11) is 0. The maximum Gasteiger partial charge on any atom is 0.224 e. The number of hydrogen-bond acceptors (Lipinski definition) is 10. The van der Waals surface area contributed by atoms with E-state index in [1.807, 2.05) is 13.0 Å². The first-order valence-electron chi connectivity index (χ1n) is 11.4. The fourth-order valence-electron chi connectivity index (χ4n) is 4.44. The van der Waals surface area contributed by atoms with Crippen molar-refractivity contribution in [2.24, 2.45) is 11.8 Å². The molecule has 0 aromatic carbocycles. The van der Waals surface area contributed by atoms with Crippen LogP contribution in [-0.4, -0.2) is 65.7 Å². The van der Waals surface area contributed by atoms with Crippen molar-refractivity contribution in [3.63, 3.8) is 0 Å². The minimum atomic E-state index is -1.11. The van der Waals surface area contributed by atoms with Gasteiger partial charge in [-0.2, -0.15) is 4.98 Å². The summed E-state index contributed by atoms with van der Waals surface area (Å²) in [4.78, 5) is 18.3. The fraction of sp³-hybridized carbons (Fsp3) is 0.565. The second-order valence-electron chi connectivity index (χ2n) is 9.77. The number of aliphatic hydroxyl groups is 3. The van der Waals surface area contributed by atoms with Crippen molar-refractivity contribution in [1.82, 2.24) is 19.9 Å². The number of nitrogens with zero attached hydrogens (tertiary/aromatic N) is 4. The lowest BCUT2D eigenvalue weighted by molar-refractivity contribution is -0.0601. The third-order valence-corrected chi connectivity index (χ3v) is 7.72. The second kappa shape index (κ2) is 8.43. The predicted molar refractivity (Wildman–Crippen MR) is 128 cm³/mol. The van der Waals surface area contributed by atoms with Gasteiger partial charge in [0, 0.05) is 24.9 Å². The van der Waals surface area contributed by atoms with Crippen molar-refractivity contribution in [2.75, 3.05) is 17.2 Å². The van der Waals surface area contributed by atoms with Crippen molar-refractivity contribution in [3.05, 3.63) is 24.2 Å². The molecule has 0 spiro atoms. The molecule has 0 bridgehead atoms. The molecule has 0 saturated heterocycles. The molecule has 5 N–H and O–H groups in total. The Morgan fingerprint density at radius 3 is 2.61 bits per heavy atom. The zero-order chi connectivity index (χ0) is 23.3. The van der Waals surface area contributed by atoms with Crippen LogP contribution in [0.2, 0.25) is 0 Å². The quantitative estimate of drug-likeness (QED) is 0.353. The third kappa shape index (κ3) is 4.52. The second-order valence-corrected chi connectivity index (χ2v) is 10.8. The standard InChI is InChI=1S/C23H30N6O3S/c1-11-17-16(6-7-24-11)33-21(28-17)13-10-26-22(25-9-12-4-5-12)29-20(13)27-15-8-14(23(2,3)32)18(30)19(15)31/h6-7,10,12,14-15,18-19,30-32H,4-5,8-9H2,1-3H3,(H2,25,26,27,29)/t14-,15+,18+,19-/m0/s1. The van der Waals surface area contributed by atoms with Crippen LogP contribution in [0.4, 0.5) is 11.8 Å². The Morgan fingerprint density at radius 2 is 1.94 bits per heavy atom. The fourth-order valence-corrected chi connectivity index (χ4v) is 5.47. The van der Waals surface area contributed by atoms with Crippen LogP contribution in [0.15, 0.2) is 18.5 Å². The zero-order valence-corrected chi connectivity index (χ0v) is 19.8. The van der Waals surface area contributed by atoms with Crippen molar-refractivity contribution < 1.29 is 15.3 Å². The molecule has 0 unspecified atom stereocenters. The molecule has 2 aliphatic carbocycles. The largest absolute Gasteiger partial charge is 0.390 e. The van der Waals surface area contributed by atoms with Gasteiger partial charge in [0.2, 0.25) is 5.95 Å². The Morgan fingerprint density at radius 1 is 1.15 bits per heavy atom. The highest BCUT2D eigenvalue weighted by molar-refractivity contribution is 7.21. The Hall–Kier alpha value is -2.40. The number of thiazole rings is 1. The molecule has 176 valence electrons. The summed E-state index contributed by atoms with van der Waals surface area (Å²) in [5.41, 5.74) is 1.31. The third-order valence-electron chi connectivity index (χ3n) is 6.67. The average molecular weight is 471 g/mol. The number of fused-ring (bicyclic) bond motifs is 1. The lowest BCUT2D eigenvalue weighted by Crippen LogP contribution is -2.40. The monoisotopic (exact) mass is 470 g/mol. The normalized spacial score (nSPS) is 25.5. The first-order chi connectivity index (χ1) is 15.7. The number of hydrogen-bond donors (Lipinski definition) is 5. The molecule has 2 saturated carbocycles. The van der Waals surface area contributed by atoms with E-state index in [2.05, 4.69) is 20.6 Å². The van der Waals surface area contributed by atoms with Gasteiger partial charge in [0.05, 0.1) is 33.7 Å².